The molecule has 1 fully saturated rings. The van der Waals surface area contributed by atoms with Crippen LogP contribution < -0.4 is 9.47 Å². The molecule has 1 aliphatic heterocycles. The minimum atomic E-state index is -0.0314. The van der Waals surface area contributed by atoms with Gasteiger partial charge in [-0.05, 0) is 67.1 Å². The van der Waals surface area contributed by atoms with Gasteiger partial charge in [0.1, 0.15) is 6.61 Å². The Labute approximate surface area is 197 Å². The fraction of sp³-hybridized carbons (Fsp3) is 0.273. The summed E-state index contributed by atoms with van der Waals surface area (Å²) in [7, 11) is 1.60. The molecule has 2 aromatic rings. The third-order valence-electron chi connectivity index (χ3n) is 4.37. The van der Waals surface area contributed by atoms with Crippen LogP contribution in [0.5, 0.6) is 11.5 Å². The monoisotopic (exact) mass is 552 g/mol. The van der Waals surface area contributed by atoms with Crippen LogP contribution in [0.2, 0.25) is 0 Å². The number of carbonyl (C=O) groups is 1. The van der Waals surface area contributed by atoms with Crippen LogP contribution in [0.25, 0.3) is 6.08 Å². The van der Waals surface area contributed by atoms with Gasteiger partial charge in [-0.2, -0.15) is 0 Å². The topological polar surface area (TPSA) is 51.1 Å². The van der Waals surface area contributed by atoms with E-state index in [-0.39, 0.29) is 5.91 Å². The van der Waals surface area contributed by atoms with Gasteiger partial charge in [0.2, 0.25) is 0 Å². The molecule has 0 bridgehead atoms. The molecule has 3 rings (SSSR count). The number of likely N-dealkylation sites (N-methyl/N-ethyl adjacent to an activating group) is 1. The number of ether oxygens (including phenoxy) is 2. The number of thioether (sulfide) groups is 1. The van der Waals surface area contributed by atoms with Gasteiger partial charge >= 0.3 is 0 Å². The van der Waals surface area contributed by atoms with E-state index in [4.69, 9.17) is 9.47 Å². The summed E-state index contributed by atoms with van der Waals surface area (Å²) in [4.78, 5) is 19.5. The first-order chi connectivity index (χ1) is 14.5. The molecule has 0 aromatic heterocycles. The molecular formula is C22H22Br2N2O3S. The number of amidine groups is 1. The molecule has 0 N–H and O–H groups in total. The molecular weight excluding hydrogens is 532 g/mol. The number of hydrogen-bond donors (Lipinski definition) is 0. The minimum absolute atomic E-state index is 0.0314. The molecule has 5 nitrogen and oxygen atoms in total. The highest BCUT2D eigenvalue weighted by molar-refractivity contribution is 9.10. The number of hydrogen-bond acceptors (Lipinski definition) is 5. The summed E-state index contributed by atoms with van der Waals surface area (Å²) >= 11 is 8.43. The first-order valence-corrected chi connectivity index (χ1v) is 11.9. The Bertz CT molecular complexity index is 991. The first kappa shape index (κ1) is 22.9. The highest BCUT2D eigenvalue weighted by Crippen LogP contribution is 2.38. The number of amides is 1. The van der Waals surface area contributed by atoms with Gasteiger partial charge in [0.25, 0.3) is 5.91 Å². The first-order valence-electron chi connectivity index (χ1n) is 9.47. The van der Waals surface area contributed by atoms with Crippen molar-refractivity contribution in [2.24, 2.45) is 4.99 Å². The molecule has 0 aliphatic carbocycles. The maximum atomic E-state index is 12.7. The Kier molecular flexibility index (Phi) is 8.02. The van der Waals surface area contributed by atoms with Crippen molar-refractivity contribution < 1.29 is 14.3 Å². The fourth-order valence-electron chi connectivity index (χ4n) is 2.86. The molecule has 2 aromatic carbocycles. The molecule has 158 valence electrons. The van der Waals surface area contributed by atoms with Gasteiger partial charge in [-0.3, -0.25) is 14.7 Å². The minimum Gasteiger partial charge on any atom is -0.493 e. The Balaban J connectivity index is 1.85. The van der Waals surface area contributed by atoms with E-state index in [1.165, 1.54) is 11.8 Å². The van der Waals surface area contributed by atoms with Crippen LogP contribution in [-0.4, -0.2) is 36.2 Å². The lowest BCUT2D eigenvalue weighted by Gasteiger charge is -2.13. The van der Waals surface area contributed by atoms with Gasteiger partial charge in [0, 0.05) is 22.0 Å². The second-order valence-electron chi connectivity index (χ2n) is 6.36. The van der Waals surface area contributed by atoms with Crippen LogP contribution in [0.4, 0.5) is 0 Å². The van der Waals surface area contributed by atoms with E-state index >= 15 is 0 Å². The summed E-state index contributed by atoms with van der Waals surface area (Å²) in [6.45, 7) is 5.56. The average molecular weight is 554 g/mol. The molecule has 1 amide bonds. The van der Waals surface area contributed by atoms with Crippen molar-refractivity contribution in [3.63, 3.8) is 0 Å². The van der Waals surface area contributed by atoms with Crippen LogP contribution in [-0.2, 0) is 11.4 Å². The molecule has 0 saturated carbocycles. The lowest BCUT2D eigenvalue weighted by molar-refractivity contribution is -0.122. The van der Waals surface area contributed by atoms with E-state index < -0.39 is 0 Å². The molecule has 8 heteroatoms. The van der Waals surface area contributed by atoms with Gasteiger partial charge in [-0.15, -0.1) is 0 Å². The summed E-state index contributed by atoms with van der Waals surface area (Å²) in [5.41, 5.74) is 1.89. The maximum absolute atomic E-state index is 12.7. The highest BCUT2D eigenvalue weighted by Gasteiger charge is 2.32. The van der Waals surface area contributed by atoms with E-state index in [9.17, 15) is 4.79 Å². The van der Waals surface area contributed by atoms with Crippen LogP contribution in [0, 0.1) is 0 Å². The number of benzene rings is 2. The number of aliphatic imine (C=N–C) groups is 1. The zero-order valence-corrected chi connectivity index (χ0v) is 20.9. The van der Waals surface area contributed by atoms with Crippen molar-refractivity contribution in [3.05, 3.63) is 61.4 Å². The van der Waals surface area contributed by atoms with Gasteiger partial charge in [0.15, 0.2) is 16.7 Å². The van der Waals surface area contributed by atoms with Crippen LogP contribution in [0.1, 0.15) is 25.0 Å². The van der Waals surface area contributed by atoms with Gasteiger partial charge in [-0.25, -0.2) is 0 Å². The van der Waals surface area contributed by atoms with Crippen molar-refractivity contribution in [1.29, 1.82) is 0 Å². The summed E-state index contributed by atoms with van der Waals surface area (Å²) in [6, 6.07) is 11.7. The third kappa shape index (κ3) is 5.28. The number of carbonyl (C=O) groups excluding carboxylic acids is 1. The lowest BCUT2D eigenvalue weighted by atomic mass is 10.1. The van der Waals surface area contributed by atoms with Crippen LogP contribution in [0.3, 0.4) is 0 Å². The van der Waals surface area contributed by atoms with E-state index in [2.05, 4.69) is 36.9 Å². The van der Waals surface area contributed by atoms with Crippen molar-refractivity contribution >= 4 is 60.8 Å². The fourth-order valence-corrected chi connectivity index (χ4v) is 4.65. The number of nitrogens with zero attached hydrogens (tertiary/aromatic N) is 2. The molecule has 30 heavy (non-hydrogen) atoms. The Morgan fingerprint density at radius 1 is 1.13 bits per heavy atom. The molecule has 0 spiro atoms. The zero-order chi connectivity index (χ0) is 21.7. The second kappa shape index (κ2) is 10.5. The summed E-state index contributed by atoms with van der Waals surface area (Å²) in [6.07, 6.45) is 1.86. The number of methoxy groups -OCH3 is 1. The van der Waals surface area contributed by atoms with E-state index in [0.717, 1.165) is 25.2 Å². The molecule has 0 unspecified atom stereocenters. The van der Waals surface area contributed by atoms with Crippen LogP contribution in [0.15, 0.2) is 55.2 Å². The van der Waals surface area contributed by atoms with Crippen molar-refractivity contribution in [3.8, 4) is 11.5 Å². The normalized spacial score (nSPS) is 16.6. The summed E-state index contributed by atoms with van der Waals surface area (Å²) in [5.74, 6) is 1.20. The quantitative estimate of drug-likeness (QED) is 0.388. The zero-order valence-electron chi connectivity index (χ0n) is 16.9. The SMILES string of the molecule is CCN=C1S/C(=C/c2cc(OC)c(OCc3ccc(Br)cc3)cc2Br)C(=O)N1CC. The predicted octanol–water partition coefficient (Wildman–Crippen LogP) is 6.11. The smallest absolute Gasteiger partial charge is 0.266 e. The highest BCUT2D eigenvalue weighted by atomic mass is 79.9. The average Bonchev–Trinajstić information content (AvgIpc) is 3.03. The van der Waals surface area contributed by atoms with E-state index in [1.54, 1.807) is 12.0 Å². The van der Waals surface area contributed by atoms with Crippen molar-refractivity contribution in [1.82, 2.24) is 4.90 Å². The van der Waals surface area contributed by atoms with Crippen LogP contribution >= 0.6 is 43.6 Å². The molecule has 0 atom stereocenters. The second-order valence-corrected chi connectivity index (χ2v) is 9.14. The lowest BCUT2D eigenvalue weighted by Crippen LogP contribution is -2.28. The molecule has 1 saturated heterocycles. The van der Waals surface area contributed by atoms with Gasteiger partial charge < -0.3 is 9.47 Å². The Morgan fingerprint density at radius 2 is 1.87 bits per heavy atom. The third-order valence-corrected chi connectivity index (χ3v) is 6.63. The predicted molar refractivity (Wildman–Crippen MR) is 130 cm³/mol. The number of halogens is 2. The van der Waals surface area contributed by atoms with E-state index in [0.29, 0.717) is 36.1 Å². The van der Waals surface area contributed by atoms with Crippen molar-refractivity contribution in [2.75, 3.05) is 20.2 Å². The summed E-state index contributed by atoms with van der Waals surface area (Å²) in [5, 5.41) is 0.744. The maximum Gasteiger partial charge on any atom is 0.266 e. The van der Waals surface area contributed by atoms with Gasteiger partial charge in [-0.1, -0.05) is 44.0 Å². The Hall–Kier alpha value is -1.77. The molecule has 1 aliphatic rings. The molecule has 0 radical (unpaired) electrons. The summed E-state index contributed by atoms with van der Waals surface area (Å²) < 4.78 is 13.4. The van der Waals surface area contributed by atoms with E-state index in [1.807, 2.05) is 56.3 Å². The standard InChI is InChI=1S/C22H22Br2N2O3S/c1-4-25-22-26(5-2)21(27)20(30-22)11-15-10-18(28-3)19(12-17(15)24)29-13-14-6-8-16(23)9-7-14/h6-12H,4-5,13H2,1-3H3/b20-11+,25-22?. The number of rotatable bonds is 7. The largest absolute Gasteiger partial charge is 0.493 e. The molecule has 1 heterocycles. The van der Waals surface area contributed by atoms with Crippen molar-refractivity contribution in [2.45, 2.75) is 20.5 Å². The van der Waals surface area contributed by atoms with Gasteiger partial charge in [0.05, 0.1) is 12.0 Å². The Morgan fingerprint density at radius 3 is 2.50 bits per heavy atom.